The third-order valence-corrected chi connectivity index (χ3v) is 3.58. The Hall–Kier alpha value is -1.61. The molecule has 3 nitrogen and oxygen atoms in total. The standard InChI is InChI=1S/C16H22N2O/c1-3-4-10-18(15-8-6-5-7-9-15)16(19)13(2)14-11-17-12-14/h5-9,17H,3-4,10-12H2,1-2H3. The minimum absolute atomic E-state index is 0.149. The van der Waals surface area contributed by atoms with Crippen LogP contribution in [0.3, 0.4) is 0 Å². The van der Waals surface area contributed by atoms with E-state index in [0.29, 0.717) is 0 Å². The topological polar surface area (TPSA) is 32.3 Å². The maximum Gasteiger partial charge on any atom is 0.253 e. The molecule has 1 aromatic carbocycles. The Bertz CT molecular complexity index is 459. The number of nitrogens with one attached hydrogen (secondary N) is 1. The van der Waals surface area contributed by atoms with E-state index in [4.69, 9.17) is 0 Å². The van der Waals surface area contributed by atoms with Crippen LogP contribution in [0.5, 0.6) is 0 Å². The minimum atomic E-state index is 0.149. The second-order valence-corrected chi connectivity index (χ2v) is 4.98. The molecule has 1 aliphatic rings. The molecule has 0 aliphatic carbocycles. The summed E-state index contributed by atoms with van der Waals surface area (Å²) in [6, 6.07) is 9.95. The van der Waals surface area contributed by atoms with Gasteiger partial charge in [-0.15, -0.1) is 0 Å². The SMILES string of the molecule is CCCCN(C(=O)C(C)=C1CNC1)c1ccccc1. The summed E-state index contributed by atoms with van der Waals surface area (Å²) in [5.41, 5.74) is 3.13. The number of carbonyl (C=O) groups is 1. The van der Waals surface area contributed by atoms with Crippen molar-refractivity contribution in [1.82, 2.24) is 5.32 Å². The first-order valence-electron chi connectivity index (χ1n) is 7.00. The number of hydrogen-bond donors (Lipinski definition) is 1. The van der Waals surface area contributed by atoms with Crippen LogP contribution in [-0.4, -0.2) is 25.5 Å². The Morgan fingerprint density at radius 2 is 1.95 bits per heavy atom. The summed E-state index contributed by atoms with van der Waals surface area (Å²) in [6.07, 6.45) is 2.12. The number of anilines is 1. The number of unbranched alkanes of at least 4 members (excludes halogenated alkanes) is 1. The molecule has 1 fully saturated rings. The van der Waals surface area contributed by atoms with Crippen molar-refractivity contribution in [2.45, 2.75) is 26.7 Å². The van der Waals surface area contributed by atoms with Gasteiger partial charge in [0.15, 0.2) is 0 Å². The van der Waals surface area contributed by atoms with Crippen LogP contribution in [-0.2, 0) is 4.79 Å². The van der Waals surface area contributed by atoms with Crippen LogP contribution < -0.4 is 10.2 Å². The maximum atomic E-state index is 12.6. The smallest absolute Gasteiger partial charge is 0.253 e. The highest BCUT2D eigenvalue weighted by atomic mass is 16.2. The van der Waals surface area contributed by atoms with Crippen LogP contribution in [0.1, 0.15) is 26.7 Å². The van der Waals surface area contributed by atoms with E-state index in [1.807, 2.05) is 42.2 Å². The van der Waals surface area contributed by atoms with E-state index >= 15 is 0 Å². The van der Waals surface area contributed by atoms with Crippen molar-refractivity contribution in [3.8, 4) is 0 Å². The van der Waals surface area contributed by atoms with Gasteiger partial charge in [-0.3, -0.25) is 4.79 Å². The molecule has 1 aliphatic heterocycles. The van der Waals surface area contributed by atoms with Gasteiger partial charge in [0, 0.05) is 30.9 Å². The number of para-hydroxylation sites is 1. The first-order chi connectivity index (χ1) is 9.24. The maximum absolute atomic E-state index is 12.6. The van der Waals surface area contributed by atoms with Crippen molar-refractivity contribution < 1.29 is 4.79 Å². The summed E-state index contributed by atoms with van der Waals surface area (Å²) in [5.74, 6) is 0.149. The van der Waals surface area contributed by atoms with Gasteiger partial charge in [-0.05, 0) is 31.1 Å². The lowest BCUT2D eigenvalue weighted by atomic mass is 10.0. The van der Waals surface area contributed by atoms with Gasteiger partial charge in [0.05, 0.1) is 0 Å². The normalized spacial score (nSPS) is 13.9. The van der Waals surface area contributed by atoms with Crippen molar-refractivity contribution in [3.05, 3.63) is 41.5 Å². The molecule has 1 amide bonds. The molecule has 1 saturated heterocycles. The second kappa shape index (κ2) is 6.53. The van der Waals surface area contributed by atoms with Gasteiger partial charge < -0.3 is 10.2 Å². The van der Waals surface area contributed by atoms with Crippen LogP contribution in [0.4, 0.5) is 5.69 Å². The van der Waals surface area contributed by atoms with Crippen molar-refractivity contribution in [2.75, 3.05) is 24.5 Å². The van der Waals surface area contributed by atoms with Crippen LogP contribution >= 0.6 is 0 Å². The van der Waals surface area contributed by atoms with Crippen molar-refractivity contribution >= 4 is 11.6 Å². The lowest BCUT2D eigenvalue weighted by Gasteiger charge is -2.27. The van der Waals surface area contributed by atoms with Gasteiger partial charge in [-0.1, -0.05) is 31.5 Å². The van der Waals surface area contributed by atoms with E-state index in [0.717, 1.165) is 43.7 Å². The number of benzene rings is 1. The molecule has 1 aromatic rings. The molecule has 102 valence electrons. The Morgan fingerprint density at radius 3 is 2.47 bits per heavy atom. The van der Waals surface area contributed by atoms with Crippen molar-refractivity contribution in [3.63, 3.8) is 0 Å². The van der Waals surface area contributed by atoms with Gasteiger partial charge in [0.2, 0.25) is 0 Å². The van der Waals surface area contributed by atoms with Gasteiger partial charge in [0.1, 0.15) is 0 Å². The van der Waals surface area contributed by atoms with Crippen LogP contribution in [0.25, 0.3) is 0 Å². The molecule has 2 rings (SSSR count). The summed E-state index contributed by atoms with van der Waals surface area (Å²) >= 11 is 0. The van der Waals surface area contributed by atoms with E-state index < -0.39 is 0 Å². The summed E-state index contributed by atoms with van der Waals surface area (Å²) < 4.78 is 0. The van der Waals surface area contributed by atoms with Crippen LogP contribution in [0, 0.1) is 0 Å². The third kappa shape index (κ3) is 3.24. The van der Waals surface area contributed by atoms with E-state index in [1.165, 1.54) is 5.57 Å². The largest absolute Gasteiger partial charge is 0.309 e. The lowest BCUT2D eigenvalue weighted by Crippen LogP contribution is -2.39. The molecule has 0 atom stereocenters. The number of amides is 1. The van der Waals surface area contributed by atoms with Gasteiger partial charge in [-0.25, -0.2) is 0 Å². The molecule has 0 aromatic heterocycles. The van der Waals surface area contributed by atoms with E-state index in [2.05, 4.69) is 12.2 Å². The first-order valence-corrected chi connectivity index (χ1v) is 7.00. The lowest BCUT2D eigenvalue weighted by molar-refractivity contribution is -0.115. The number of carbonyl (C=O) groups excluding carboxylic acids is 1. The molecular formula is C16H22N2O. The summed E-state index contributed by atoms with van der Waals surface area (Å²) in [4.78, 5) is 14.5. The molecule has 1 N–H and O–H groups in total. The van der Waals surface area contributed by atoms with Gasteiger partial charge in [0.25, 0.3) is 5.91 Å². The number of hydrogen-bond acceptors (Lipinski definition) is 2. The van der Waals surface area contributed by atoms with Crippen molar-refractivity contribution in [2.24, 2.45) is 0 Å². The minimum Gasteiger partial charge on any atom is -0.309 e. The molecule has 0 bridgehead atoms. The average Bonchev–Trinajstić information content (AvgIpc) is 2.38. The monoisotopic (exact) mass is 258 g/mol. The highest BCUT2D eigenvalue weighted by molar-refractivity contribution is 6.05. The number of rotatable bonds is 5. The number of nitrogens with zero attached hydrogens (tertiary/aromatic N) is 1. The average molecular weight is 258 g/mol. The third-order valence-electron chi connectivity index (χ3n) is 3.58. The van der Waals surface area contributed by atoms with Crippen LogP contribution in [0.15, 0.2) is 41.5 Å². The van der Waals surface area contributed by atoms with E-state index in [-0.39, 0.29) is 5.91 Å². The van der Waals surface area contributed by atoms with Gasteiger partial charge in [-0.2, -0.15) is 0 Å². The summed E-state index contributed by atoms with van der Waals surface area (Å²) in [5, 5.41) is 3.19. The fraction of sp³-hybridized carbons (Fsp3) is 0.438. The molecule has 0 radical (unpaired) electrons. The van der Waals surface area contributed by atoms with E-state index in [9.17, 15) is 4.79 Å². The molecular weight excluding hydrogens is 236 g/mol. The quantitative estimate of drug-likeness (QED) is 0.824. The molecule has 1 heterocycles. The van der Waals surface area contributed by atoms with Crippen LogP contribution in [0.2, 0.25) is 0 Å². The zero-order chi connectivity index (χ0) is 13.7. The predicted octanol–water partition coefficient (Wildman–Crippen LogP) is 2.74. The molecule has 0 spiro atoms. The molecule has 3 heteroatoms. The predicted molar refractivity (Wildman–Crippen MR) is 79.3 cm³/mol. The van der Waals surface area contributed by atoms with Crippen molar-refractivity contribution in [1.29, 1.82) is 0 Å². The Balaban J connectivity index is 2.20. The summed E-state index contributed by atoms with van der Waals surface area (Å²) in [7, 11) is 0. The fourth-order valence-corrected chi connectivity index (χ4v) is 2.14. The van der Waals surface area contributed by atoms with E-state index in [1.54, 1.807) is 0 Å². The first kappa shape index (κ1) is 13.8. The highest BCUT2D eigenvalue weighted by Crippen LogP contribution is 2.19. The molecule has 0 unspecified atom stereocenters. The second-order valence-electron chi connectivity index (χ2n) is 4.98. The Morgan fingerprint density at radius 1 is 1.26 bits per heavy atom. The Kier molecular flexibility index (Phi) is 4.74. The molecule has 19 heavy (non-hydrogen) atoms. The molecule has 0 saturated carbocycles. The summed E-state index contributed by atoms with van der Waals surface area (Å²) in [6.45, 7) is 6.59. The zero-order valence-corrected chi connectivity index (χ0v) is 11.8. The highest BCUT2D eigenvalue weighted by Gasteiger charge is 2.21. The fourth-order valence-electron chi connectivity index (χ4n) is 2.14. The Labute approximate surface area is 115 Å². The van der Waals surface area contributed by atoms with Gasteiger partial charge >= 0.3 is 0 Å². The zero-order valence-electron chi connectivity index (χ0n) is 11.8.